The lowest BCUT2D eigenvalue weighted by atomic mass is 9.72. The van der Waals surface area contributed by atoms with Gasteiger partial charge in [0.25, 0.3) is 5.91 Å². The number of benzene rings is 1. The van der Waals surface area contributed by atoms with Gasteiger partial charge in [-0.3, -0.25) is 14.4 Å². The topological polar surface area (TPSA) is 191 Å². The fraction of sp³-hybridized carbons (Fsp3) is 0.514. The minimum atomic E-state index is -0.770. The van der Waals surface area contributed by atoms with Crippen molar-refractivity contribution in [1.82, 2.24) is 26.4 Å². The van der Waals surface area contributed by atoms with E-state index >= 15 is 0 Å². The van der Waals surface area contributed by atoms with Crippen LogP contribution in [-0.4, -0.2) is 69.2 Å². The van der Waals surface area contributed by atoms with Gasteiger partial charge in [-0.1, -0.05) is 52.3 Å². The van der Waals surface area contributed by atoms with E-state index in [0.717, 1.165) is 47.1 Å². The van der Waals surface area contributed by atoms with Gasteiger partial charge in [-0.15, -0.1) is 13.2 Å². The van der Waals surface area contributed by atoms with E-state index in [1.165, 1.54) is 13.3 Å². The van der Waals surface area contributed by atoms with Crippen molar-refractivity contribution in [3.8, 4) is 6.07 Å². The number of hydrogen-bond acceptors (Lipinski definition) is 8. The van der Waals surface area contributed by atoms with Crippen LogP contribution in [0.1, 0.15) is 75.9 Å². The summed E-state index contributed by atoms with van der Waals surface area (Å²) in [6.07, 6.45) is 6.55. The maximum atomic E-state index is 12.3. The van der Waals surface area contributed by atoms with Crippen molar-refractivity contribution >= 4 is 29.6 Å². The molecule has 47 heavy (non-hydrogen) atoms. The molecule has 0 bridgehead atoms. The Kier molecular flexibility index (Phi) is 19.3. The number of hydrazone groups is 1. The number of nitrogens with two attached hydrogens (primary N) is 2. The number of amidine groups is 1. The molecular weight excluding hydrogens is 594 g/mol. The van der Waals surface area contributed by atoms with Crippen LogP contribution in [0, 0.1) is 29.1 Å². The van der Waals surface area contributed by atoms with E-state index in [0.29, 0.717) is 30.4 Å². The third-order valence-electron chi connectivity index (χ3n) is 8.62. The lowest BCUT2D eigenvalue weighted by Crippen LogP contribution is -2.45. The lowest BCUT2D eigenvalue weighted by molar-refractivity contribution is -0.122. The summed E-state index contributed by atoms with van der Waals surface area (Å²) in [6, 6.07) is 7.87. The Bertz CT molecular complexity index is 1320. The molecule has 12 heteroatoms. The van der Waals surface area contributed by atoms with Crippen molar-refractivity contribution in [2.24, 2.45) is 34.4 Å². The Hall–Kier alpha value is -4.47. The second-order valence-corrected chi connectivity index (χ2v) is 11.2. The van der Waals surface area contributed by atoms with Gasteiger partial charge in [0.2, 0.25) is 12.3 Å². The van der Waals surface area contributed by atoms with Crippen molar-refractivity contribution in [1.29, 1.82) is 5.26 Å². The molecule has 260 valence electrons. The van der Waals surface area contributed by atoms with E-state index in [-0.39, 0.29) is 17.7 Å². The second kappa shape index (κ2) is 21.3. The van der Waals surface area contributed by atoms with Gasteiger partial charge in [-0.05, 0) is 72.7 Å². The van der Waals surface area contributed by atoms with E-state index in [4.69, 9.17) is 16.8 Å². The molecule has 1 aromatic rings. The summed E-state index contributed by atoms with van der Waals surface area (Å²) in [7, 11) is 5.08. The maximum Gasteiger partial charge on any atom is 0.251 e. The number of carbonyl (C=O) groups excluding carboxylic acids is 3. The predicted molar refractivity (Wildman–Crippen MR) is 192 cm³/mol. The Morgan fingerprint density at radius 2 is 1.85 bits per heavy atom. The number of nitriles is 1. The number of rotatable bonds is 13. The van der Waals surface area contributed by atoms with Gasteiger partial charge >= 0.3 is 0 Å². The summed E-state index contributed by atoms with van der Waals surface area (Å²) in [5.41, 5.74) is 12.4. The first-order valence-electron chi connectivity index (χ1n) is 15.9. The molecule has 5 atom stereocenters. The monoisotopic (exact) mass is 651 g/mol. The van der Waals surface area contributed by atoms with E-state index in [1.807, 2.05) is 52.1 Å². The molecule has 4 unspecified atom stereocenters. The van der Waals surface area contributed by atoms with Crippen LogP contribution in [0.4, 0.5) is 0 Å². The highest BCUT2D eigenvalue weighted by Crippen LogP contribution is 2.49. The van der Waals surface area contributed by atoms with E-state index < -0.39 is 5.41 Å². The zero-order chi connectivity index (χ0) is 36.3. The average molecular weight is 652 g/mol. The molecule has 2 aliphatic rings. The van der Waals surface area contributed by atoms with Gasteiger partial charge in [0.15, 0.2) is 0 Å². The first kappa shape index (κ1) is 42.5. The van der Waals surface area contributed by atoms with E-state index in [1.54, 1.807) is 31.1 Å². The third-order valence-corrected chi connectivity index (χ3v) is 8.62. The van der Waals surface area contributed by atoms with Crippen molar-refractivity contribution in [3.05, 3.63) is 65.8 Å². The highest BCUT2D eigenvalue weighted by Gasteiger charge is 2.48. The summed E-state index contributed by atoms with van der Waals surface area (Å²) in [4.78, 5) is 36.4. The zero-order valence-electron chi connectivity index (χ0n) is 29.7. The van der Waals surface area contributed by atoms with Gasteiger partial charge in [0.1, 0.15) is 5.84 Å². The minimum absolute atomic E-state index is 0.0829. The predicted octanol–water partition coefficient (Wildman–Crippen LogP) is 3.20. The van der Waals surface area contributed by atoms with E-state index in [9.17, 15) is 14.4 Å². The normalized spacial score (nSPS) is 21.2. The average Bonchev–Trinajstić information content (AvgIpc) is 3.69. The summed E-state index contributed by atoms with van der Waals surface area (Å²) >= 11 is 0. The van der Waals surface area contributed by atoms with Crippen molar-refractivity contribution in [3.63, 3.8) is 0 Å². The van der Waals surface area contributed by atoms with Gasteiger partial charge < -0.3 is 26.6 Å². The van der Waals surface area contributed by atoms with Gasteiger partial charge in [0.05, 0.1) is 17.4 Å². The smallest absolute Gasteiger partial charge is 0.251 e. The number of amides is 3. The molecule has 1 aromatic carbocycles. The highest BCUT2D eigenvalue weighted by molar-refractivity contribution is 6.04. The molecule has 0 radical (unpaired) electrons. The number of carbonyl (C=O) groups is 3. The molecule has 2 aliphatic carbocycles. The Labute approximate surface area is 281 Å². The molecule has 3 rings (SSSR count). The van der Waals surface area contributed by atoms with Gasteiger partial charge in [-0.25, -0.2) is 11.4 Å². The van der Waals surface area contributed by atoms with Crippen LogP contribution in [0.5, 0.6) is 0 Å². The van der Waals surface area contributed by atoms with Gasteiger partial charge in [-0.2, -0.15) is 10.4 Å². The van der Waals surface area contributed by atoms with Crippen molar-refractivity contribution < 1.29 is 14.4 Å². The highest BCUT2D eigenvalue weighted by atomic mass is 16.2. The van der Waals surface area contributed by atoms with Crippen LogP contribution in [0.15, 0.2) is 54.2 Å². The molecule has 0 aromatic heterocycles. The molecule has 1 fully saturated rings. The van der Waals surface area contributed by atoms with Crippen LogP contribution >= 0.6 is 0 Å². The number of allylic oxidation sites excluding steroid dienone is 2. The number of fused-ring (bicyclic) bond motifs is 1. The van der Waals surface area contributed by atoms with Crippen LogP contribution in [-0.2, 0) is 15.0 Å². The Morgan fingerprint density at radius 1 is 1.23 bits per heavy atom. The fourth-order valence-corrected chi connectivity index (χ4v) is 6.12. The molecule has 3 amide bonds. The van der Waals surface area contributed by atoms with Crippen molar-refractivity contribution in [2.45, 2.75) is 65.8 Å². The van der Waals surface area contributed by atoms with E-state index in [2.05, 4.69) is 53.6 Å². The largest absolute Gasteiger partial charge is 0.385 e. The summed E-state index contributed by atoms with van der Waals surface area (Å²) < 4.78 is 0. The molecule has 8 N–H and O–H groups in total. The first-order chi connectivity index (χ1) is 22.4. The minimum Gasteiger partial charge on any atom is -0.385 e. The van der Waals surface area contributed by atoms with Crippen LogP contribution in [0.3, 0.4) is 0 Å². The number of hydrazine groups is 1. The van der Waals surface area contributed by atoms with Crippen molar-refractivity contribution in [2.75, 3.05) is 34.2 Å². The second-order valence-electron chi connectivity index (χ2n) is 11.2. The molecule has 0 aliphatic heterocycles. The maximum absolute atomic E-state index is 12.3. The lowest BCUT2D eigenvalue weighted by Gasteiger charge is -2.33. The number of hydrogen-bond donors (Lipinski definition) is 6. The van der Waals surface area contributed by atoms with Crippen LogP contribution < -0.4 is 33.1 Å². The standard InChI is InChI=1S/C23H35N7O2.C8H15NO.C2H3N.C2H4/c1-6-28-12-11-23(22(24)29-30-25)18(9-7-14(2)20(31)26-4)15(3)17-13-16(21(32)27-5)8-10-19(17)23;1-4-7-6(2)8(7)9(3)5-10;1-2-3;1-2/h7-10,13-14,28,30H,6,11-12,25H2,1-5H3,(H2,24,29)(H,26,31)(H,27,32);5-8H,4H2,1-3H3;1H3;1-2H2/b9-7-;;;/t;6-,7?,8?;;/m.0../s1. The Balaban J connectivity index is 0.00000117. The zero-order valence-corrected chi connectivity index (χ0v) is 29.7. The van der Waals surface area contributed by atoms with Crippen LogP contribution in [0.25, 0.3) is 5.57 Å². The molecule has 0 saturated heterocycles. The summed E-state index contributed by atoms with van der Waals surface area (Å²) in [6.45, 7) is 19.2. The SMILES string of the molecule is C=C.CC#N.CCC1C(N(C)C=O)[C@H]1C.CCNCCC1(/C(N)=N/NN)C(/C=C\C(C)C(=O)NC)=C(C)c2cc(C(=O)NC)ccc21. The molecule has 0 heterocycles. The van der Waals surface area contributed by atoms with Gasteiger partial charge in [0, 0.05) is 39.7 Å². The molecule has 1 saturated carbocycles. The molecular formula is C35H57N9O3. The summed E-state index contributed by atoms with van der Waals surface area (Å²) in [5, 5.41) is 20.2. The molecule has 0 spiro atoms. The summed E-state index contributed by atoms with van der Waals surface area (Å²) in [5.74, 6) is 6.72. The third kappa shape index (κ3) is 10.5. The number of nitrogens with zero attached hydrogens (tertiary/aromatic N) is 3. The fourth-order valence-electron chi connectivity index (χ4n) is 6.12. The number of nitrogens with one attached hydrogen (secondary N) is 4. The Morgan fingerprint density at radius 3 is 2.32 bits per heavy atom. The quantitative estimate of drug-likeness (QED) is 0.0356. The first-order valence-corrected chi connectivity index (χ1v) is 15.9. The molecule has 12 nitrogen and oxygen atoms in total. The van der Waals surface area contributed by atoms with Crippen LogP contribution in [0.2, 0.25) is 0 Å².